The van der Waals surface area contributed by atoms with Crippen molar-refractivity contribution in [2.75, 3.05) is 22.6 Å². The largest absolute Gasteiger partial charge is 0.398 e. The molecule has 0 radical (unpaired) electrons. The van der Waals surface area contributed by atoms with E-state index in [4.69, 9.17) is 5.73 Å². The van der Waals surface area contributed by atoms with E-state index in [1.807, 2.05) is 24.8 Å². The second-order valence-corrected chi connectivity index (χ2v) is 5.50. The molecule has 1 rings (SSSR count). The molecular weight excluding hydrogens is 216 g/mol. The van der Waals surface area contributed by atoms with E-state index in [1.165, 1.54) is 17.9 Å². The van der Waals surface area contributed by atoms with E-state index in [0.29, 0.717) is 6.04 Å². The van der Waals surface area contributed by atoms with Crippen LogP contribution in [0.1, 0.15) is 25.8 Å². The predicted octanol–water partition coefficient (Wildman–Crippen LogP) is 3.52. The second-order valence-electron chi connectivity index (χ2n) is 4.10. The van der Waals surface area contributed by atoms with Crippen molar-refractivity contribution in [1.29, 1.82) is 0 Å². The number of aryl methyl sites for hydroxylation is 1. The fourth-order valence-electron chi connectivity index (χ4n) is 1.49. The summed E-state index contributed by atoms with van der Waals surface area (Å²) in [5.74, 6) is 2.41. The molecule has 1 aromatic rings. The predicted molar refractivity (Wildman–Crippen MR) is 76.3 cm³/mol. The molecule has 3 heteroatoms. The van der Waals surface area contributed by atoms with Gasteiger partial charge in [-0.25, -0.2) is 0 Å². The van der Waals surface area contributed by atoms with Gasteiger partial charge in [-0.3, -0.25) is 0 Å². The lowest BCUT2D eigenvalue weighted by Crippen LogP contribution is -2.16. The number of hydrogen-bond donors (Lipinski definition) is 2. The zero-order chi connectivity index (χ0) is 12.0. The van der Waals surface area contributed by atoms with Gasteiger partial charge in [-0.05, 0) is 49.5 Å². The fraction of sp³-hybridized carbons (Fsp3) is 0.538. The van der Waals surface area contributed by atoms with E-state index in [-0.39, 0.29) is 0 Å². The van der Waals surface area contributed by atoms with E-state index in [0.717, 1.165) is 16.9 Å². The van der Waals surface area contributed by atoms with E-state index in [1.54, 1.807) is 0 Å². The maximum atomic E-state index is 5.87. The van der Waals surface area contributed by atoms with Crippen molar-refractivity contribution in [1.82, 2.24) is 0 Å². The molecule has 16 heavy (non-hydrogen) atoms. The molecule has 0 spiro atoms. The van der Waals surface area contributed by atoms with Gasteiger partial charge < -0.3 is 11.1 Å². The van der Waals surface area contributed by atoms with Crippen molar-refractivity contribution in [2.24, 2.45) is 0 Å². The van der Waals surface area contributed by atoms with Crippen molar-refractivity contribution in [3.05, 3.63) is 23.8 Å². The molecule has 0 aliphatic heterocycles. The van der Waals surface area contributed by atoms with E-state index < -0.39 is 0 Å². The summed E-state index contributed by atoms with van der Waals surface area (Å²) in [5, 5.41) is 3.48. The van der Waals surface area contributed by atoms with Crippen LogP contribution < -0.4 is 11.1 Å². The molecule has 0 heterocycles. The molecule has 0 fully saturated rings. The third-order valence-corrected chi connectivity index (χ3v) is 3.52. The molecule has 90 valence electrons. The molecule has 0 bridgehead atoms. The first-order valence-electron chi connectivity index (χ1n) is 5.84. The first-order valence-corrected chi connectivity index (χ1v) is 6.99. The van der Waals surface area contributed by atoms with Gasteiger partial charge in [0.15, 0.2) is 0 Å². The first-order chi connectivity index (χ1) is 7.63. The van der Waals surface area contributed by atoms with E-state index in [9.17, 15) is 0 Å². The Labute approximate surface area is 103 Å². The van der Waals surface area contributed by atoms with Gasteiger partial charge in [-0.1, -0.05) is 13.0 Å². The molecule has 0 aromatic heterocycles. The van der Waals surface area contributed by atoms with Crippen LogP contribution in [-0.2, 0) is 0 Å². The van der Waals surface area contributed by atoms with Gasteiger partial charge in [0.2, 0.25) is 0 Å². The summed E-state index contributed by atoms with van der Waals surface area (Å²) in [7, 11) is 0. The zero-order valence-electron chi connectivity index (χ0n) is 10.4. The molecule has 0 aliphatic carbocycles. The maximum absolute atomic E-state index is 5.87. The quantitative estimate of drug-likeness (QED) is 0.588. The van der Waals surface area contributed by atoms with Gasteiger partial charge in [-0.2, -0.15) is 11.8 Å². The number of hydrogen-bond acceptors (Lipinski definition) is 3. The van der Waals surface area contributed by atoms with Crippen LogP contribution in [0.5, 0.6) is 0 Å². The van der Waals surface area contributed by atoms with Crippen molar-refractivity contribution >= 4 is 23.1 Å². The molecule has 0 saturated heterocycles. The van der Waals surface area contributed by atoms with Gasteiger partial charge >= 0.3 is 0 Å². The number of nitrogen functional groups attached to an aromatic ring is 1. The minimum Gasteiger partial charge on any atom is -0.398 e. The molecule has 1 aromatic carbocycles. The normalized spacial score (nSPS) is 12.4. The topological polar surface area (TPSA) is 38.0 Å². The summed E-state index contributed by atoms with van der Waals surface area (Å²) in [6.07, 6.45) is 1.19. The summed E-state index contributed by atoms with van der Waals surface area (Å²) < 4.78 is 0. The summed E-state index contributed by atoms with van der Waals surface area (Å²) in [4.78, 5) is 0. The summed E-state index contributed by atoms with van der Waals surface area (Å²) in [5.41, 5.74) is 9.00. The number of rotatable bonds is 6. The first kappa shape index (κ1) is 13.2. The Morgan fingerprint density at radius 2 is 2.19 bits per heavy atom. The molecule has 2 nitrogen and oxygen atoms in total. The fourth-order valence-corrected chi connectivity index (χ4v) is 2.30. The van der Waals surface area contributed by atoms with Crippen molar-refractivity contribution in [3.63, 3.8) is 0 Å². The Bertz CT molecular complexity index is 326. The summed E-state index contributed by atoms with van der Waals surface area (Å²) in [6, 6.07) is 6.67. The number of anilines is 2. The average molecular weight is 238 g/mol. The monoisotopic (exact) mass is 238 g/mol. The van der Waals surface area contributed by atoms with Crippen LogP contribution in [0.4, 0.5) is 11.4 Å². The highest BCUT2D eigenvalue weighted by atomic mass is 32.2. The maximum Gasteiger partial charge on any atom is 0.0364 e. The average Bonchev–Trinajstić information content (AvgIpc) is 2.24. The number of nitrogens with two attached hydrogens (primary N) is 1. The Morgan fingerprint density at radius 3 is 2.81 bits per heavy atom. The second kappa shape index (κ2) is 6.69. The standard InChI is InChI=1S/C13H22N2S/c1-4-16-8-7-11(3)15-12-6-5-10(2)13(14)9-12/h5-6,9,11,15H,4,7-8,14H2,1-3H3. The Balaban J connectivity index is 2.43. The number of benzene rings is 1. The third-order valence-electron chi connectivity index (χ3n) is 2.59. The zero-order valence-corrected chi connectivity index (χ0v) is 11.2. The summed E-state index contributed by atoms with van der Waals surface area (Å²) >= 11 is 1.99. The molecular formula is C13H22N2S. The van der Waals surface area contributed by atoms with Gasteiger partial charge in [0.25, 0.3) is 0 Å². The lowest BCUT2D eigenvalue weighted by atomic mass is 10.1. The van der Waals surface area contributed by atoms with E-state index in [2.05, 4.69) is 31.3 Å². The Hall–Kier alpha value is -0.830. The Morgan fingerprint density at radius 1 is 1.44 bits per heavy atom. The molecule has 3 N–H and O–H groups in total. The van der Waals surface area contributed by atoms with Gasteiger partial charge in [0, 0.05) is 17.4 Å². The van der Waals surface area contributed by atoms with Gasteiger partial charge in [-0.15, -0.1) is 0 Å². The Kier molecular flexibility index (Phi) is 5.53. The van der Waals surface area contributed by atoms with Gasteiger partial charge in [0.1, 0.15) is 0 Å². The SMILES string of the molecule is CCSCCC(C)Nc1ccc(C)c(N)c1. The molecule has 1 unspecified atom stereocenters. The molecule has 0 aliphatic rings. The van der Waals surface area contributed by atoms with Gasteiger partial charge in [0.05, 0.1) is 0 Å². The minimum atomic E-state index is 0.501. The van der Waals surface area contributed by atoms with Crippen molar-refractivity contribution in [2.45, 2.75) is 33.2 Å². The van der Waals surface area contributed by atoms with Crippen LogP contribution in [0.3, 0.4) is 0 Å². The highest BCUT2D eigenvalue weighted by Crippen LogP contribution is 2.18. The number of nitrogens with one attached hydrogen (secondary N) is 1. The van der Waals surface area contributed by atoms with Crippen molar-refractivity contribution in [3.8, 4) is 0 Å². The lowest BCUT2D eigenvalue weighted by molar-refractivity contribution is 0.772. The molecule has 0 amide bonds. The number of thioether (sulfide) groups is 1. The van der Waals surface area contributed by atoms with Crippen LogP contribution in [0.2, 0.25) is 0 Å². The molecule has 1 atom stereocenters. The smallest absolute Gasteiger partial charge is 0.0364 e. The highest BCUT2D eigenvalue weighted by molar-refractivity contribution is 7.99. The van der Waals surface area contributed by atoms with Crippen LogP contribution >= 0.6 is 11.8 Å². The van der Waals surface area contributed by atoms with Crippen LogP contribution in [-0.4, -0.2) is 17.5 Å². The van der Waals surface area contributed by atoms with Crippen LogP contribution in [0.15, 0.2) is 18.2 Å². The summed E-state index contributed by atoms with van der Waals surface area (Å²) in [6.45, 7) is 6.44. The van der Waals surface area contributed by atoms with Crippen molar-refractivity contribution < 1.29 is 0 Å². The van der Waals surface area contributed by atoms with E-state index >= 15 is 0 Å². The van der Waals surface area contributed by atoms with Crippen LogP contribution in [0.25, 0.3) is 0 Å². The minimum absolute atomic E-state index is 0.501. The molecule has 0 saturated carbocycles. The highest BCUT2D eigenvalue weighted by Gasteiger charge is 2.02. The lowest BCUT2D eigenvalue weighted by Gasteiger charge is -2.15. The van der Waals surface area contributed by atoms with Crippen LogP contribution in [0, 0.1) is 6.92 Å². The third kappa shape index (κ3) is 4.35.